The summed E-state index contributed by atoms with van der Waals surface area (Å²) in [5, 5.41) is 9.38. The number of benzene rings is 2. The molecule has 1 amide bonds. The summed E-state index contributed by atoms with van der Waals surface area (Å²) in [6.45, 7) is 4.23. The van der Waals surface area contributed by atoms with E-state index in [0.29, 0.717) is 12.5 Å². The molecular formula is C22H23N5O. The second-order valence-electron chi connectivity index (χ2n) is 6.26. The van der Waals surface area contributed by atoms with Gasteiger partial charge in [0.05, 0.1) is 0 Å². The molecule has 6 heteroatoms. The van der Waals surface area contributed by atoms with Gasteiger partial charge < -0.3 is 16.0 Å². The molecule has 2 aromatic carbocycles. The molecule has 142 valence electrons. The van der Waals surface area contributed by atoms with Crippen molar-refractivity contribution in [1.29, 1.82) is 0 Å². The molecule has 0 aliphatic heterocycles. The maximum atomic E-state index is 11.6. The lowest BCUT2D eigenvalue weighted by molar-refractivity contribution is -0.116. The van der Waals surface area contributed by atoms with E-state index in [1.54, 1.807) is 12.3 Å². The first-order valence-corrected chi connectivity index (χ1v) is 9.06. The van der Waals surface area contributed by atoms with E-state index in [0.717, 1.165) is 28.3 Å². The number of carbonyl (C=O) groups is 1. The van der Waals surface area contributed by atoms with Crippen molar-refractivity contribution < 1.29 is 4.79 Å². The normalized spacial score (nSPS) is 10.6. The molecule has 3 N–H and O–H groups in total. The molecule has 6 nitrogen and oxygen atoms in total. The summed E-state index contributed by atoms with van der Waals surface area (Å²) in [6, 6.07) is 17.7. The molecule has 0 bridgehead atoms. The SMILES string of the molecule is CC=CC(=O)NCc1cccc(Nc2nc(Nc3ccccc3)ncc2C)c1. The van der Waals surface area contributed by atoms with Crippen molar-refractivity contribution >= 4 is 29.0 Å². The topological polar surface area (TPSA) is 78.9 Å². The second kappa shape index (κ2) is 9.32. The Morgan fingerprint density at radius 1 is 1.04 bits per heavy atom. The zero-order valence-electron chi connectivity index (χ0n) is 15.9. The predicted molar refractivity (Wildman–Crippen MR) is 113 cm³/mol. The molecule has 28 heavy (non-hydrogen) atoms. The summed E-state index contributed by atoms with van der Waals surface area (Å²) in [5.41, 5.74) is 3.75. The molecule has 0 fully saturated rings. The lowest BCUT2D eigenvalue weighted by Crippen LogP contribution is -2.20. The number of nitrogens with zero attached hydrogens (tertiary/aromatic N) is 2. The molecule has 1 aromatic heterocycles. The van der Waals surface area contributed by atoms with Crippen LogP contribution in [0.2, 0.25) is 0 Å². The van der Waals surface area contributed by atoms with E-state index < -0.39 is 0 Å². The quantitative estimate of drug-likeness (QED) is 0.533. The van der Waals surface area contributed by atoms with Gasteiger partial charge in [0.2, 0.25) is 11.9 Å². The molecule has 0 atom stereocenters. The van der Waals surface area contributed by atoms with Crippen molar-refractivity contribution in [3.63, 3.8) is 0 Å². The van der Waals surface area contributed by atoms with Gasteiger partial charge >= 0.3 is 0 Å². The Kier molecular flexibility index (Phi) is 6.36. The first-order chi connectivity index (χ1) is 13.6. The minimum absolute atomic E-state index is 0.107. The second-order valence-corrected chi connectivity index (χ2v) is 6.26. The Hall–Kier alpha value is -3.67. The number of anilines is 4. The van der Waals surface area contributed by atoms with Gasteiger partial charge in [-0.25, -0.2) is 4.98 Å². The fourth-order valence-corrected chi connectivity index (χ4v) is 2.57. The van der Waals surface area contributed by atoms with E-state index >= 15 is 0 Å². The van der Waals surface area contributed by atoms with Crippen LogP contribution >= 0.6 is 0 Å². The Balaban J connectivity index is 1.71. The molecule has 0 aliphatic carbocycles. The molecule has 0 spiro atoms. The molecule has 3 rings (SSSR count). The highest BCUT2D eigenvalue weighted by Gasteiger charge is 2.06. The number of para-hydroxylation sites is 1. The smallest absolute Gasteiger partial charge is 0.243 e. The van der Waals surface area contributed by atoms with Crippen LogP contribution in [0.4, 0.5) is 23.1 Å². The van der Waals surface area contributed by atoms with Crippen molar-refractivity contribution in [2.24, 2.45) is 0 Å². The van der Waals surface area contributed by atoms with E-state index in [1.807, 2.05) is 68.4 Å². The number of amides is 1. The molecule has 3 aromatic rings. The van der Waals surface area contributed by atoms with Crippen LogP contribution in [-0.4, -0.2) is 15.9 Å². The van der Waals surface area contributed by atoms with Gasteiger partial charge in [-0.15, -0.1) is 0 Å². The molecule has 0 unspecified atom stereocenters. The van der Waals surface area contributed by atoms with Gasteiger partial charge in [-0.1, -0.05) is 36.4 Å². The number of hydrogen-bond acceptors (Lipinski definition) is 5. The zero-order chi connectivity index (χ0) is 19.8. The monoisotopic (exact) mass is 373 g/mol. The van der Waals surface area contributed by atoms with Gasteiger partial charge in [-0.05, 0) is 49.8 Å². The predicted octanol–water partition coefficient (Wildman–Crippen LogP) is 4.46. The lowest BCUT2D eigenvalue weighted by Gasteiger charge is -2.12. The number of hydrogen-bond donors (Lipinski definition) is 3. The number of rotatable bonds is 7. The summed E-state index contributed by atoms with van der Waals surface area (Å²) in [6.07, 6.45) is 5.00. The van der Waals surface area contributed by atoms with E-state index in [2.05, 4.69) is 25.9 Å². The van der Waals surface area contributed by atoms with Crippen LogP contribution in [0, 0.1) is 6.92 Å². The average Bonchev–Trinajstić information content (AvgIpc) is 2.70. The highest BCUT2D eigenvalue weighted by atomic mass is 16.1. The Morgan fingerprint density at radius 2 is 1.82 bits per heavy atom. The van der Waals surface area contributed by atoms with Crippen LogP contribution in [0.3, 0.4) is 0 Å². The van der Waals surface area contributed by atoms with Crippen molar-refractivity contribution in [2.75, 3.05) is 10.6 Å². The van der Waals surface area contributed by atoms with Gasteiger partial charge in [-0.3, -0.25) is 4.79 Å². The third-order valence-electron chi connectivity index (χ3n) is 3.98. The highest BCUT2D eigenvalue weighted by Crippen LogP contribution is 2.21. The number of nitrogens with one attached hydrogen (secondary N) is 3. The van der Waals surface area contributed by atoms with Crippen LogP contribution in [-0.2, 0) is 11.3 Å². The van der Waals surface area contributed by atoms with Crippen molar-refractivity contribution in [2.45, 2.75) is 20.4 Å². The van der Waals surface area contributed by atoms with Gasteiger partial charge in [0, 0.05) is 29.7 Å². The van der Waals surface area contributed by atoms with Crippen molar-refractivity contribution in [3.05, 3.63) is 84.1 Å². The maximum Gasteiger partial charge on any atom is 0.243 e. The standard InChI is InChI=1S/C22H23N5O/c1-3-8-20(28)23-15-17-9-7-12-19(13-17)25-21-16(2)14-24-22(27-21)26-18-10-5-4-6-11-18/h3-14H,15H2,1-2H3,(H,23,28)(H2,24,25,26,27). The van der Waals surface area contributed by atoms with E-state index in [1.165, 1.54) is 6.08 Å². The summed E-state index contributed by atoms with van der Waals surface area (Å²) in [5.74, 6) is 1.14. The first kappa shape index (κ1) is 19.1. The molecule has 0 saturated heterocycles. The van der Waals surface area contributed by atoms with Gasteiger partial charge in [-0.2, -0.15) is 4.98 Å². The fourth-order valence-electron chi connectivity index (χ4n) is 2.57. The summed E-state index contributed by atoms with van der Waals surface area (Å²) < 4.78 is 0. The molecule has 0 radical (unpaired) electrons. The third kappa shape index (κ3) is 5.41. The minimum Gasteiger partial charge on any atom is -0.348 e. The summed E-state index contributed by atoms with van der Waals surface area (Å²) >= 11 is 0. The first-order valence-electron chi connectivity index (χ1n) is 9.06. The van der Waals surface area contributed by atoms with E-state index in [-0.39, 0.29) is 5.91 Å². The number of aryl methyl sites for hydroxylation is 1. The lowest BCUT2D eigenvalue weighted by atomic mass is 10.2. The molecular weight excluding hydrogens is 350 g/mol. The summed E-state index contributed by atoms with van der Waals surface area (Å²) in [4.78, 5) is 20.5. The van der Waals surface area contributed by atoms with Crippen LogP contribution in [0.1, 0.15) is 18.1 Å². The zero-order valence-corrected chi connectivity index (χ0v) is 15.9. The molecule has 1 heterocycles. The Labute approximate surface area is 164 Å². The van der Waals surface area contributed by atoms with Crippen LogP contribution in [0.5, 0.6) is 0 Å². The Morgan fingerprint density at radius 3 is 2.61 bits per heavy atom. The van der Waals surface area contributed by atoms with Crippen LogP contribution < -0.4 is 16.0 Å². The van der Waals surface area contributed by atoms with Crippen molar-refractivity contribution in [1.82, 2.24) is 15.3 Å². The van der Waals surface area contributed by atoms with E-state index in [9.17, 15) is 4.79 Å². The number of allylic oxidation sites excluding steroid dienone is 1. The number of carbonyl (C=O) groups excluding carboxylic acids is 1. The van der Waals surface area contributed by atoms with Crippen LogP contribution in [0.25, 0.3) is 0 Å². The average molecular weight is 373 g/mol. The largest absolute Gasteiger partial charge is 0.348 e. The van der Waals surface area contributed by atoms with Crippen LogP contribution in [0.15, 0.2) is 72.9 Å². The maximum absolute atomic E-state index is 11.6. The van der Waals surface area contributed by atoms with Gasteiger partial charge in [0.1, 0.15) is 5.82 Å². The number of aromatic nitrogens is 2. The Bertz CT molecular complexity index is 970. The third-order valence-corrected chi connectivity index (χ3v) is 3.98. The van der Waals surface area contributed by atoms with Gasteiger partial charge in [0.15, 0.2) is 0 Å². The highest BCUT2D eigenvalue weighted by molar-refractivity contribution is 5.87. The van der Waals surface area contributed by atoms with Crippen molar-refractivity contribution in [3.8, 4) is 0 Å². The fraction of sp³-hybridized carbons (Fsp3) is 0.136. The van der Waals surface area contributed by atoms with E-state index in [4.69, 9.17) is 0 Å². The molecule has 0 saturated carbocycles. The summed E-state index contributed by atoms with van der Waals surface area (Å²) in [7, 11) is 0. The van der Waals surface area contributed by atoms with Gasteiger partial charge in [0.25, 0.3) is 0 Å². The molecule has 0 aliphatic rings. The minimum atomic E-state index is -0.107.